The van der Waals surface area contributed by atoms with E-state index in [0.29, 0.717) is 17.8 Å². The third-order valence-corrected chi connectivity index (χ3v) is 2.26. The van der Waals surface area contributed by atoms with Crippen LogP contribution in [0.2, 0.25) is 0 Å². The number of aromatic nitrogens is 4. The van der Waals surface area contributed by atoms with Gasteiger partial charge in [0.1, 0.15) is 0 Å². The number of fused-ring (bicyclic) bond motifs is 3. The Morgan fingerprint density at radius 3 is 3.15 bits per heavy atom. The Morgan fingerprint density at radius 1 is 1.31 bits per heavy atom. The van der Waals surface area contributed by atoms with Gasteiger partial charge in [-0.25, -0.2) is 4.52 Å². The number of ketones is 1. The summed E-state index contributed by atoms with van der Waals surface area (Å²) < 4.78 is 1.69. The molecule has 64 valence electrons. The number of rotatable bonds is 0. The monoisotopic (exact) mass is 174 g/mol. The van der Waals surface area contributed by atoms with E-state index in [1.165, 1.54) is 0 Å². The molecule has 5 nitrogen and oxygen atoms in total. The summed E-state index contributed by atoms with van der Waals surface area (Å²) in [6.45, 7) is 0. The number of carbonyl (C=O) groups excluding carboxylic acids is 1. The molecule has 0 unspecified atom stereocenters. The SMILES string of the molecule is O=C1CCc2c1nnc1ccnn21. The lowest BCUT2D eigenvalue weighted by Crippen LogP contribution is -2.04. The summed E-state index contributed by atoms with van der Waals surface area (Å²) in [4.78, 5) is 11.3. The van der Waals surface area contributed by atoms with Crippen LogP contribution in [0.1, 0.15) is 22.6 Å². The van der Waals surface area contributed by atoms with Crippen LogP contribution in [0.4, 0.5) is 0 Å². The number of nitrogens with zero attached hydrogens (tertiary/aromatic N) is 4. The van der Waals surface area contributed by atoms with Crippen LogP contribution >= 0.6 is 0 Å². The van der Waals surface area contributed by atoms with Gasteiger partial charge in [0.15, 0.2) is 17.1 Å². The van der Waals surface area contributed by atoms with Gasteiger partial charge in [-0.05, 0) is 6.42 Å². The van der Waals surface area contributed by atoms with Crippen molar-refractivity contribution >= 4 is 11.4 Å². The Morgan fingerprint density at radius 2 is 2.23 bits per heavy atom. The third kappa shape index (κ3) is 0.756. The first kappa shape index (κ1) is 6.71. The molecule has 2 aromatic heterocycles. The Hall–Kier alpha value is -1.78. The zero-order chi connectivity index (χ0) is 8.84. The van der Waals surface area contributed by atoms with E-state index in [1.807, 2.05) is 0 Å². The van der Waals surface area contributed by atoms with Gasteiger partial charge in [-0.1, -0.05) is 0 Å². The van der Waals surface area contributed by atoms with Crippen LogP contribution in [0.3, 0.4) is 0 Å². The molecule has 1 aliphatic rings. The van der Waals surface area contributed by atoms with Crippen molar-refractivity contribution in [1.82, 2.24) is 19.8 Å². The molecule has 0 saturated heterocycles. The van der Waals surface area contributed by atoms with Crippen molar-refractivity contribution in [2.24, 2.45) is 0 Å². The highest BCUT2D eigenvalue weighted by Gasteiger charge is 2.24. The molecule has 0 N–H and O–H groups in total. The predicted octanol–water partition coefficient (Wildman–Crippen LogP) is 0.253. The van der Waals surface area contributed by atoms with Gasteiger partial charge < -0.3 is 0 Å². The Kier molecular flexibility index (Phi) is 1.10. The van der Waals surface area contributed by atoms with Crippen LogP contribution in [0.25, 0.3) is 5.65 Å². The summed E-state index contributed by atoms with van der Waals surface area (Å²) >= 11 is 0. The molecule has 0 spiro atoms. The second-order valence-corrected chi connectivity index (χ2v) is 3.02. The molecule has 0 atom stereocenters. The first-order valence-electron chi connectivity index (χ1n) is 4.09. The highest BCUT2D eigenvalue weighted by molar-refractivity contribution is 5.98. The zero-order valence-electron chi connectivity index (χ0n) is 6.77. The highest BCUT2D eigenvalue weighted by Crippen LogP contribution is 2.18. The van der Waals surface area contributed by atoms with Crippen molar-refractivity contribution in [3.05, 3.63) is 23.7 Å². The quantitative estimate of drug-likeness (QED) is 0.574. The van der Waals surface area contributed by atoms with Crippen LogP contribution in [0.15, 0.2) is 12.3 Å². The molecular formula is C8H6N4O. The van der Waals surface area contributed by atoms with Crippen molar-refractivity contribution in [1.29, 1.82) is 0 Å². The minimum absolute atomic E-state index is 0.0694. The summed E-state index contributed by atoms with van der Waals surface area (Å²) in [6.07, 6.45) is 2.91. The fourth-order valence-electron chi connectivity index (χ4n) is 1.63. The standard InChI is InChI=1S/C8H6N4O/c13-6-2-1-5-8(6)11-10-7-3-4-9-12(5)7/h3-4H,1-2H2. The predicted molar refractivity (Wildman–Crippen MR) is 43.4 cm³/mol. The summed E-state index contributed by atoms with van der Waals surface area (Å²) in [5.41, 5.74) is 2.07. The van der Waals surface area contributed by atoms with Crippen molar-refractivity contribution in [2.75, 3.05) is 0 Å². The average molecular weight is 174 g/mol. The van der Waals surface area contributed by atoms with Gasteiger partial charge in [0.05, 0.1) is 11.9 Å². The second-order valence-electron chi connectivity index (χ2n) is 3.02. The molecule has 3 rings (SSSR count). The first-order valence-corrected chi connectivity index (χ1v) is 4.09. The molecular weight excluding hydrogens is 168 g/mol. The zero-order valence-corrected chi connectivity index (χ0v) is 6.77. The molecule has 0 saturated carbocycles. The molecule has 0 aromatic carbocycles. The van der Waals surface area contributed by atoms with E-state index in [-0.39, 0.29) is 5.78 Å². The molecule has 0 amide bonds. The normalized spacial score (nSPS) is 15.2. The fraction of sp³-hybridized carbons (Fsp3) is 0.250. The summed E-state index contributed by atoms with van der Waals surface area (Å²) in [7, 11) is 0. The molecule has 0 aliphatic heterocycles. The van der Waals surface area contributed by atoms with Gasteiger partial charge in [-0.15, -0.1) is 10.2 Å². The van der Waals surface area contributed by atoms with E-state index in [0.717, 1.165) is 12.1 Å². The summed E-state index contributed by atoms with van der Waals surface area (Å²) in [6, 6.07) is 1.77. The number of Topliss-reactive ketones (excluding diaryl/α,β-unsaturated/α-hetero) is 1. The van der Waals surface area contributed by atoms with E-state index in [2.05, 4.69) is 15.3 Å². The lowest BCUT2D eigenvalue weighted by molar-refractivity contribution is 0.0989. The Labute approximate surface area is 73.4 Å². The molecule has 0 radical (unpaired) electrons. The first-order chi connectivity index (χ1) is 6.36. The van der Waals surface area contributed by atoms with Gasteiger partial charge in [0.2, 0.25) is 0 Å². The average Bonchev–Trinajstić information content (AvgIpc) is 2.70. The maximum atomic E-state index is 11.3. The lowest BCUT2D eigenvalue weighted by atomic mass is 10.3. The highest BCUT2D eigenvalue weighted by atomic mass is 16.1. The van der Waals surface area contributed by atoms with Crippen LogP contribution < -0.4 is 0 Å². The number of aryl methyl sites for hydroxylation is 1. The molecule has 13 heavy (non-hydrogen) atoms. The lowest BCUT2D eigenvalue weighted by Gasteiger charge is -1.97. The van der Waals surface area contributed by atoms with E-state index in [4.69, 9.17) is 0 Å². The summed E-state index contributed by atoms with van der Waals surface area (Å²) in [5, 5.41) is 11.9. The van der Waals surface area contributed by atoms with Gasteiger partial charge >= 0.3 is 0 Å². The molecule has 0 bridgehead atoms. The number of hydrogen-bond acceptors (Lipinski definition) is 4. The van der Waals surface area contributed by atoms with Gasteiger partial charge in [-0.2, -0.15) is 5.10 Å². The van der Waals surface area contributed by atoms with Gasteiger partial charge in [0, 0.05) is 12.5 Å². The maximum absolute atomic E-state index is 11.3. The van der Waals surface area contributed by atoms with Crippen molar-refractivity contribution < 1.29 is 4.79 Å². The van der Waals surface area contributed by atoms with E-state index in [1.54, 1.807) is 16.8 Å². The molecule has 0 fully saturated rings. The van der Waals surface area contributed by atoms with E-state index in [9.17, 15) is 4.79 Å². The minimum atomic E-state index is 0.0694. The fourth-order valence-corrected chi connectivity index (χ4v) is 1.63. The molecule has 5 heteroatoms. The van der Waals surface area contributed by atoms with Gasteiger partial charge in [-0.3, -0.25) is 4.79 Å². The molecule has 2 heterocycles. The largest absolute Gasteiger partial charge is 0.292 e. The summed E-state index contributed by atoms with van der Waals surface area (Å²) in [5.74, 6) is 0.0694. The van der Waals surface area contributed by atoms with Crippen molar-refractivity contribution in [3.8, 4) is 0 Å². The Balaban J connectivity index is 2.45. The van der Waals surface area contributed by atoms with E-state index >= 15 is 0 Å². The smallest absolute Gasteiger partial charge is 0.185 e. The maximum Gasteiger partial charge on any atom is 0.185 e. The molecule has 1 aliphatic carbocycles. The van der Waals surface area contributed by atoms with Crippen LogP contribution in [0.5, 0.6) is 0 Å². The van der Waals surface area contributed by atoms with Crippen molar-refractivity contribution in [2.45, 2.75) is 12.8 Å². The van der Waals surface area contributed by atoms with E-state index < -0.39 is 0 Å². The topological polar surface area (TPSA) is 60.2 Å². The van der Waals surface area contributed by atoms with Crippen molar-refractivity contribution in [3.63, 3.8) is 0 Å². The second kappa shape index (κ2) is 2.12. The van der Waals surface area contributed by atoms with Crippen LogP contribution in [-0.2, 0) is 6.42 Å². The third-order valence-electron chi connectivity index (χ3n) is 2.26. The molecule has 2 aromatic rings. The van der Waals surface area contributed by atoms with Crippen LogP contribution in [0, 0.1) is 0 Å². The van der Waals surface area contributed by atoms with Crippen LogP contribution in [-0.4, -0.2) is 25.6 Å². The number of hydrogen-bond donors (Lipinski definition) is 0. The van der Waals surface area contributed by atoms with Gasteiger partial charge in [0.25, 0.3) is 0 Å². The number of carbonyl (C=O) groups is 1. The minimum Gasteiger partial charge on any atom is -0.292 e. The Bertz CT molecular complexity index is 502.